The Labute approximate surface area is 157 Å². The number of piperidine rings is 1. The van der Waals surface area contributed by atoms with Crippen LogP contribution >= 0.6 is 12.2 Å². The molecule has 2 aliphatic rings. The van der Waals surface area contributed by atoms with Crippen LogP contribution in [0.25, 0.3) is 0 Å². The number of nitrogens with two attached hydrogens (primary N) is 1. The highest BCUT2D eigenvalue weighted by molar-refractivity contribution is 7.80. The van der Waals surface area contributed by atoms with Crippen LogP contribution in [0.2, 0.25) is 0 Å². The fourth-order valence-corrected chi connectivity index (χ4v) is 2.83. The molecule has 0 spiro atoms. The van der Waals surface area contributed by atoms with Gasteiger partial charge in [-0.15, -0.1) is 0 Å². The maximum Gasteiger partial charge on any atom is 0.310 e. The molecule has 140 valence electrons. The van der Waals surface area contributed by atoms with Gasteiger partial charge in [0, 0.05) is 17.2 Å². The standard InChI is InChI=1S/C13H14N2O4S.C5H9N/c1-7(10(16)6-11(17)18)15-13(19)9-4-2-8(3-5-9)12(14)20;1-3-6-4-2-5(1)6/h2-5,7H,6H2,1H3,(H2,14,20)(H,15,19)(H,17,18);5H,1-4H2. The summed E-state index contributed by atoms with van der Waals surface area (Å²) < 4.78 is 0. The van der Waals surface area contributed by atoms with E-state index in [0.717, 1.165) is 6.04 Å². The van der Waals surface area contributed by atoms with Crippen LogP contribution in [0.15, 0.2) is 24.3 Å². The van der Waals surface area contributed by atoms with Crippen molar-refractivity contribution < 1.29 is 19.5 Å². The van der Waals surface area contributed by atoms with Crippen LogP contribution in [-0.4, -0.2) is 57.8 Å². The third-order valence-corrected chi connectivity index (χ3v) is 4.84. The zero-order valence-electron chi connectivity index (χ0n) is 14.6. The Kier molecular flexibility index (Phi) is 6.82. The number of hydrogen-bond donors (Lipinski definition) is 3. The van der Waals surface area contributed by atoms with Gasteiger partial charge in [-0.25, -0.2) is 0 Å². The number of carboxylic acids is 1. The molecule has 1 unspecified atom stereocenters. The van der Waals surface area contributed by atoms with Crippen molar-refractivity contribution in [3.63, 3.8) is 0 Å². The Hall–Kier alpha value is -2.32. The maximum absolute atomic E-state index is 11.9. The molecular formula is C18H23N3O4S. The van der Waals surface area contributed by atoms with E-state index < -0.39 is 30.1 Å². The molecule has 0 bridgehead atoms. The van der Waals surface area contributed by atoms with Gasteiger partial charge in [-0.2, -0.15) is 0 Å². The number of hydrogen-bond acceptors (Lipinski definition) is 5. The average Bonchev–Trinajstić information content (AvgIpc) is 2.57. The van der Waals surface area contributed by atoms with E-state index in [0.29, 0.717) is 11.1 Å². The second kappa shape index (κ2) is 8.86. The summed E-state index contributed by atoms with van der Waals surface area (Å²) in [6.45, 7) is 4.22. The number of amides is 1. The van der Waals surface area contributed by atoms with Crippen molar-refractivity contribution in [1.82, 2.24) is 10.2 Å². The highest BCUT2D eigenvalue weighted by Crippen LogP contribution is 2.28. The van der Waals surface area contributed by atoms with E-state index in [9.17, 15) is 14.4 Å². The third kappa shape index (κ3) is 5.34. The maximum atomic E-state index is 11.9. The summed E-state index contributed by atoms with van der Waals surface area (Å²) >= 11 is 4.79. The molecule has 4 N–H and O–H groups in total. The van der Waals surface area contributed by atoms with Crippen LogP contribution in [0, 0.1) is 0 Å². The topological polar surface area (TPSA) is 113 Å². The van der Waals surface area contributed by atoms with Gasteiger partial charge in [0.1, 0.15) is 11.4 Å². The summed E-state index contributed by atoms with van der Waals surface area (Å²) in [7, 11) is 0. The summed E-state index contributed by atoms with van der Waals surface area (Å²) in [5, 5.41) is 10.9. The molecule has 2 aliphatic heterocycles. The first-order valence-electron chi connectivity index (χ1n) is 8.47. The molecule has 8 heteroatoms. The van der Waals surface area contributed by atoms with Crippen molar-refractivity contribution in [1.29, 1.82) is 0 Å². The van der Waals surface area contributed by atoms with Crippen LogP contribution in [0.5, 0.6) is 0 Å². The largest absolute Gasteiger partial charge is 0.481 e. The fourth-order valence-electron chi connectivity index (χ4n) is 2.69. The third-order valence-electron chi connectivity index (χ3n) is 4.60. The SMILES string of the molecule is C1CN2CCC12.CC(NC(=O)c1ccc(C(N)=S)cc1)C(=O)CC(=O)O. The molecule has 1 aromatic rings. The molecule has 3 rings (SSSR count). The van der Waals surface area contributed by atoms with E-state index in [-0.39, 0.29) is 4.99 Å². The number of thiocarbonyl (C=S) groups is 1. The highest BCUT2D eigenvalue weighted by atomic mass is 32.1. The number of carbonyl (C=O) groups excluding carboxylic acids is 2. The number of Topliss-reactive ketones (excluding diaryl/α,β-unsaturated/α-hetero) is 1. The van der Waals surface area contributed by atoms with Crippen molar-refractivity contribution in [2.24, 2.45) is 5.73 Å². The lowest BCUT2D eigenvalue weighted by molar-refractivity contribution is -0.140. The number of benzene rings is 1. The van der Waals surface area contributed by atoms with Gasteiger partial charge < -0.3 is 21.1 Å². The molecule has 1 amide bonds. The minimum atomic E-state index is -1.23. The number of rotatable bonds is 6. The first-order valence-corrected chi connectivity index (χ1v) is 8.88. The van der Waals surface area contributed by atoms with Crippen LogP contribution < -0.4 is 11.1 Å². The van der Waals surface area contributed by atoms with Gasteiger partial charge >= 0.3 is 5.97 Å². The number of aliphatic carboxylic acids is 1. The van der Waals surface area contributed by atoms with Crippen molar-refractivity contribution in [3.8, 4) is 0 Å². The molecule has 0 aliphatic carbocycles. The number of fused-ring (bicyclic) bond motifs is 1. The second-order valence-electron chi connectivity index (χ2n) is 6.44. The lowest BCUT2D eigenvalue weighted by Crippen LogP contribution is -2.57. The molecule has 0 aromatic heterocycles. The van der Waals surface area contributed by atoms with E-state index in [1.54, 1.807) is 12.1 Å². The molecule has 2 saturated heterocycles. The zero-order valence-corrected chi connectivity index (χ0v) is 15.4. The van der Waals surface area contributed by atoms with Gasteiger partial charge in [0.05, 0.1) is 6.04 Å². The smallest absolute Gasteiger partial charge is 0.310 e. The molecule has 2 fully saturated rings. The predicted molar refractivity (Wildman–Crippen MR) is 101 cm³/mol. The van der Waals surface area contributed by atoms with E-state index in [4.69, 9.17) is 23.1 Å². The van der Waals surface area contributed by atoms with Crippen molar-refractivity contribution in [3.05, 3.63) is 35.4 Å². The van der Waals surface area contributed by atoms with Gasteiger partial charge in [-0.3, -0.25) is 14.4 Å². The van der Waals surface area contributed by atoms with Crippen molar-refractivity contribution in [2.45, 2.75) is 38.3 Å². The molecular weight excluding hydrogens is 354 g/mol. The lowest BCUT2D eigenvalue weighted by Gasteiger charge is -2.50. The van der Waals surface area contributed by atoms with E-state index in [1.807, 2.05) is 0 Å². The molecule has 2 heterocycles. The van der Waals surface area contributed by atoms with Crippen molar-refractivity contribution in [2.75, 3.05) is 13.1 Å². The highest BCUT2D eigenvalue weighted by Gasteiger charge is 2.34. The quantitative estimate of drug-likeness (QED) is 0.500. The van der Waals surface area contributed by atoms with Crippen LogP contribution in [0.4, 0.5) is 0 Å². The normalized spacial score (nSPS) is 16.7. The van der Waals surface area contributed by atoms with Crippen LogP contribution in [0.1, 0.15) is 42.1 Å². The molecule has 1 atom stereocenters. The Morgan fingerprint density at radius 3 is 2.08 bits per heavy atom. The fraction of sp³-hybridized carbons (Fsp3) is 0.444. The van der Waals surface area contributed by atoms with Crippen LogP contribution in [0.3, 0.4) is 0 Å². The monoisotopic (exact) mass is 377 g/mol. The second-order valence-corrected chi connectivity index (χ2v) is 6.88. The Bertz CT molecular complexity index is 687. The number of ketones is 1. The Balaban J connectivity index is 0.000000331. The van der Waals surface area contributed by atoms with Crippen molar-refractivity contribution >= 4 is 34.9 Å². The average molecular weight is 377 g/mol. The summed E-state index contributed by atoms with van der Waals surface area (Å²) in [6.07, 6.45) is 2.35. The number of carbonyl (C=O) groups is 3. The number of nitrogens with zero attached hydrogens (tertiary/aromatic N) is 1. The van der Waals surface area contributed by atoms with Gasteiger partial charge in [0.25, 0.3) is 5.91 Å². The minimum absolute atomic E-state index is 0.224. The zero-order chi connectivity index (χ0) is 19.3. The first-order chi connectivity index (χ1) is 12.3. The summed E-state index contributed by atoms with van der Waals surface area (Å²) in [6, 6.07) is 6.43. The van der Waals surface area contributed by atoms with E-state index in [2.05, 4.69) is 10.2 Å². The number of carboxylic acid groups (broad SMARTS) is 1. The first kappa shape index (κ1) is 20.0. The van der Waals surface area contributed by atoms with Gasteiger partial charge in [0.2, 0.25) is 0 Å². The molecule has 0 saturated carbocycles. The number of nitrogens with one attached hydrogen (secondary N) is 1. The van der Waals surface area contributed by atoms with E-state index >= 15 is 0 Å². The lowest BCUT2D eigenvalue weighted by atomic mass is 9.91. The molecule has 0 radical (unpaired) electrons. The van der Waals surface area contributed by atoms with Crippen LogP contribution in [-0.2, 0) is 9.59 Å². The minimum Gasteiger partial charge on any atom is -0.481 e. The van der Waals surface area contributed by atoms with Gasteiger partial charge in [-0.05, 0) is 45.0 Å². The predicted octanol–water partition coefficient (Wildman–Crippen LogP) is 0.947. The summed E-state index contributed by atoms with van der Waals surface area (Å²) in [5.74, 6) is -2.26. The molecule has 7 nitrogen and oxygen atoms in total. The van der Waals surface area contributed by atoms with Gasteiger partial charge in [0.15, 0.2) is 5.78 Å². The molecule has 1 aromatic carbocycles. The summed E-state index contributed by atoms with van der Waals surface area (Å²) in [5.41, 5.74) is 6.40. The Morgan fingerprint density at radius 2 is 1.73 bits per heavy atom. The summed E-state index contributed by atoms with van der Waals surface area (Å²) in [4.78, 5) is 36.5. The van der Waals surface area contributed by atoms with E-state index in [1.165, 1.54) is 45.0 Å². The Morgan fingerprint density at radius 1 is 1.23 bits per heavy atom. The molecule has 26 heavy (non-hydrogen) atoms. The van der Waals surface area contributed by atoms with Gasteiger partial charge in [-0.1, -0.05) is 24.4 Å².